The molecule has 0 spiro atoms. The Morgan fingerprint density at radius 3 is 2.50 bits per heavy atom. The van der Waals surface area contributed by atoms with Gasteiger partial charge in [0.2, 0.25) is 0 Å². The van der Waals surface area contributed by atoms with Gasteiger partial charge in [-0.15, -0.1) is 0 Å². The highest BCUT2D eigenvalue weighted by Gasteiger charge is 2.01. The molecular formula is C18H21NO. The second-order valence-electron chi connectivity index (χ2n) is 4.68. The van der Waals surface area contributed by atoms with Crippen molar-refractivity contribution in [1.29, 1.82) is 0 Å². The van der Waals surface area contributed by atoms with E-state index < -0.39 is 0 Å². The van der Waals surface area contributed by atoms with Gasteiger partial charge >= 0.3 is 0 Å². The number of hydrogen-bond donors (Lipinski definition) is 1. The number of methoxy groups -OCH3 is 1. The second-order valence-corrected chi connectivity index (χ2v) is 4.68. The van der Waals surface area contributed by atoms with Crippen molar-refractivity contribution in [2.24, 2.45) is 0 Å². The Morgan fingerprint density at radius 2 is 1.75 bits per heavy atom. The molecule has 104 valence electrons. The molecule has 0 fully saturated rings. The lowest BCUT2D eigenvalue weighted by atomic mass is 10.1. The molecule has 0 bridgehead atoms. The van der Waals surface area contributed by atoms with Crippen LogP contribution in [0, 0.1) is 0 Å². The van der Waals surface area contributed by atoms with Gasteiger partial charge < -0.3 is 10.1 Å². The van der Waals surface area contributed by atoms with Crippen LogP contribution in [0.3, 0.4) is 0 Å². The standard InChI is InChI=1S/C18H21NO/c1-15(16-9-4-3-5-10-16)19-14-8-12-17-11-6-7-13-18(17)20-2/h3-13,15,19H,14H2,1-2H3/b12-8+/t15-/m1/s1. The maximum Gasteiger partial charge on any atom is 0.126 e. The Hall–Kier alpha value is -2.06. The minimum atomic E-state index is 0.346. The summed E-state index contributed by atoms with van der Waals surface area (Å²) in [6.45, 7) is 3.00. The van der Waals surface area contributed by atoms with Crippen LogP contribution in [0.2, 0.25) is 0 Å². The lowest BCUT2D eigenvalue weighted by Crippen LogP contribution is -2.18. The van der Waals surface area contributed by atoms with Crippen molar-refractivity contribution >= 4 is 6.08 Å². The van der Waals surface area contributed by atoms with E-state index in [0.29, 0.717) is 6.04 Å². The Balaban J connectivity index is 1.88. The van der Waals surface area contributed by atoms with Crippen LogP contribution >= 0.6 is 0 Å². The van der Waals surface area contributed by atoms with E-state index in [4.69, 9.17) is 4.74 Å². The summed E-state index contributed by atoms with van der Waals surface area (Å²) in [5, 5.41) is 3.48. The maximum absolute atomic E-state index is 5.32. The maximum atomic E-state index is 5.32. The molecule has 0 unspecified atom stereocenters. The zero-order valence-corrected chi connectivity index (χ0v) is 12.0. The average molecular weight is 267 g/mol. The molecule has 2 aromatic rings. The predicted octanol–water partition coefficient (Wildman–Crippen LogP) is 4.06. The van der Waals surface area contributed by atoms with Gasteiger partial charge in [-0.1, -0.05) is 60.7 Å². The fourth-order valence-electron chi connectivity index (χ4n) is 2.09. The van der Waals surface area contributed by atoms with E-state index in [0.717, 1.165) is 17.9 Å². The third kappa shape index (κ3) is 3.97. The molecule has 0 amide bonds. The highest BCUT2D eigenvalue weighted by Crippen LogP contribution is 2.18. The van der Waals surface area contributed by atoms with Crippen molar-refractivity contribution in [1.82, 2.24) is 5.32 Å². The molecule has 2 rings (SSSR count). The van der Waals surface area contributed by atoms with Gasteiger partial charge in [-0.05, 0) is 18.6 Å². The van der Waals surface area contributed by atoms with Crippen molar-refractivity contribution in [3.63, 3.8) is 0 Å². The zero-order valence-electron chi connectivity index (χ0n) is 12.0. The molecule has 1 N–H and O–H groups in total. The largest absolute Gasteiger partial charge is 0.496 e. The molecule has 0 aliphatic carbocycles. The molecule has 0 saturated carbocycles. The van der Waals surface area contributed by atoms with Crippen molar-refractivity contribution < 1.29 is 4.74 Å². The molecule has 2 aromatic carbocycles. The molecule has 0 aromatic heterocycles. The van der Waals surface area contributed by atoms with Crippen LogP contribution in [0.25, 0.3) is 6.08 Å². The quantitative estimate of drug-likeness (QED) is 0.852. The summed E-state index contributed by atoms with van der Waals surface area (Å²) in [4.78, 5) is 0. The highest BCUT2D eigenvalue weighted by atomic mass is 16.5. The van der Waals surface area contributed by atoms with Gasteiger partial charge in [0.15, 0.2) is 0 Å². The van der Waals surface area contributed by atoms with E-state index in [1.807, 2.05) is 24.3 Å². The minimum Gasteiger partial charge on any atom is -0.496 e. The van der Waals surface area contributed by atoms with E-state index >= 15 is 0 Å². The summed E-state index contributed by atoms with van der Waals surface area (Å²) in [5.74, 6) is 0.903. The van der Waals surface area contributed by atoms with Gasteiger partial charge in [0, 0.05) is 18.2 Å². The van der Waals surface area contributed by atoms with Crippen LogP contribution in [0.1, 0.15) is 24.1 Å². The lowest BCUT2D eigenvalue weighted by molar-refractivity contribution is 0.414. The molecule has 0 aliphatic rings. The minimum absolute atomic E-state index is 0.346. The third-order valence-corrected chi connectivity index (χ3v) is 3.28. The fourth-order valence-corrected chi connectivity index (χ4v) is 2.09. The van der Waals surface area contributed by atoms with E-state index in [1.165, 1.54) is 5.56 Å². The zero-order chi connectivity index (χ0) is 14.2. The van der Waals surface area contributed by atoms with Gasteiger partial charge in [0.1, 0.15) is 5.75 Å². The molecule has 1 atom stereocenters. The van der Waals surface area contributed by atoms with Crippen LogP contribution in [-0.2, 0) is 0 Å². The Morgan fingerprint density at radius 1 is 1.05 bits per heavy atom. The monoisotopic (exact) mass is 267 g/mol. The first kappa shape index (κ1) is 14.4. The number of hydrogen-bond acceptors (Lipinski definition) is 2. The van der Waals surface area contributed by atoms with E-state index in [9.17, 15) is 0 Å². The van der Waals surface area contributed by atoms with Crippen molar-refractivity contribution in [2.75, 3.05) is 13.7 Å². The average Bonchev–Trinajstić information content (AvgIpc) is 2.52. The van der Waals surface area contributed by atoms with Gasteiger partial charge in [0.05, 0.1) is 7.11 Å². The van der Waals surface area contributed by atoms with Crippen LogP contribution in [0.5, 0.6) is 5.75 Å². The molecular weight excluding hydrogens is 246 g/mol. The predicted molar refractivity (Wildman–Crippen MR) is 84.9 cm³/mol. The first-order chi connectivity index (χ1) is 9.81. The van der Waals surface area contributed by atoms with Crippen LogP contribution in [0.4, 0.5) is 0 Å². The summed E-state index contributed by atoms with van der Waals surface area (Å²) >= 11 is 0. The Kier molecular flexibility index (Phi) is 5.39. The van der Waals surface area contributed by atoms with Gasteiger partial charge in [0.25, 0.3) is 0 Å². The Bertz CT molecular complexity index is 548. The second kappa shape index (κ2) is 7.51. The molecule has 20 heavy (non-hydrogen) atoms. The Labute approximate surface area is 121 Å². The van der Waals surface area contributed by atoms with Gasteiger partial charge in [-0.3, -0.25) is 0 Å². The van der Waals surface area contributed by atoms with Crippen LogP contribution in [-0.4, -0.2) is 13.7 Å². The highest BCUT2D eigenvalue weighted by molar-refractivity contribution is 5.57. The van der Waals surface area contributed by atoms with Crippen LogP contribution < -0.4 is 10.1 Å². The molecule has 0 heterocycles. The molecule has 0 aliphatic heterocycles. The molecule has 0 saturated heterocycles. The van der Waals surface area contributed by atoms with Gasteiger partial charge in [-0.2, -0.15) is 0 Å². The molecule has 0 radical (unpaired) electrons. The van der Waals surface area contributed by atoms with E-state index in [-0.39, 0.29) is 0 Å². The topological polar surface area (TPSA) is 21.3 Å². The number of rotatable bonds is 6. The third-order valence-electron chi connectivity index (χ3n) is 3.28. The van der Waals surface area contributed by atoms with Gasteiger partial charge in [-0.25, -0.2) is 0 Å². The first-order valence-electron chi connectivity index (χ1n) is 6.89. The van der Waals surface area contributed by atoms with Crippen molar-refractivity contribution in [3.8, 4) is 5.75 Å². The van der Waals surface area contributed by atoms with Crippen molar-refractivity contribution in [3.05, 3.63) is 71.8 Å². The number of ether oxygens (including phenoxy) is 1. The SMILES string of the molecule is COc1ccccc1/C=C/CN[C@H](C)c1ccccc1. The fraction of sp³-hybridized carbons (Fsp3) is 0.222. The summed E-state index contributed by atoms with van der Waals surface area (Å²) in [5.41, 5.74) is 2.40. The number of para-hydroxylation sites is 1. The normalized spacial score (nSPS) is 12.5. The first-order valence-corrected chi connectivity index (χ1v) is 6.89. The van der Waals surface area contributed by atoms with Crippen molar-refractivity contribution in [2.45, 2.75) is 13.0 Å². The summed E-state index contributed by atoms with van der Waals surface area (Å²) in [7, 11) is 1.70. The number of benzene rings is 2. The van der Waals surface area contributed by atoms with E-state index in [1.54, 1.807) is 7.11 Å². The molecule has 2 nitrogen and oxygen atoms in total. The summed E-state index contributed by atoms with van der Waals surface area (Å²) in [6.07, 6.45) is 4.21. The summed E-state index contributed by atoms with van der Waals surface area (Å²) in [6, 6.07) is 18.8. The smallest absolute Gasteiger partial charge is 0.126 e. The summed E-state index contributed by atoms with van der Waals surface area (Å²) < 4.78 is 5.32. The lowest BCUT2D eigenvalue weighted by Gasteiger charge is -2.12. The molecule has 2 heteroatoms. The number of nitrogens with one attached hydrogen (secondary N) is 1. The van der Waals surface area contributed by atoms with Crippen LogP contribution in [0.15, 0.2) is 60.7 Å². The van der Waals surface area contributed by atoms with E-state index in [2.05, 4.69) is 54.7 Å².